The van der Waals surface area contributed by atoms with E-state index in [2.05, 4.69) is 43.3 Å². The van der Waals surface area contributed by atoms with E-state index in [1.54, 1.807) is 12.1 Å². The Morgan fingerprint density at radius 2 is 1.44 bits per heavy atom. The second kappa shape index (κ2) is 13.0. The minimum Gasteiger partial charge on any atom is -0.207 e. The average molecular weight is 487 g/mol. The molecule has 36 heavy (non-hydrogen) atoms. The van der Waals surface area contributed by atoms with E-state index >= 15 is 0 Å². The van der Waals surface area contributed by atoms with Crippen molar-refractivity contribution >= 4 is 0 Å². The normalized spacial score (nSPS) is 19.0. The van der Waals surface area contributed by atoms with Gasteiger partial charge in [-0.1, -0.05) is 73.7 Å². The number of halogens is 2. The van der Waals surface area contributed by atoms with Crippen LogP contribution in [0.15, 0.2) is 78.9 Å². The molecule has 4 rings (SSSR count). The molecule has 1 aliphatic carbocycles. The zero-order valence-electron chi connectivity index (χ0n) is 21.9. The van der Waals surface area contributed by atoms with Crippen LogP contribution in [-0.2, 0) is 19.3 Å². The van der Waals surface area contributed by atoms with Gasteiger partial charge in [-0.25, -0.2) is 8.78 Å². The Morgan fingerprint density at radius 3 is 2.06 bits per heavy atom. The third-order valence-electron chi connectivity index (χ3n) is 8.06. The molecule has 1 aliphatic rings. The van der Waals surface area contributed by atoms with Gasteiger partial charge in [0.2, 0.25) is 0 Å². The highest BCUT2D eigenvalue weighted by Crippen LogP contribution is 2.38. The molecular weight excluding hydrogens is 446 g/mol. The Kier molecular flexibility index (Phi) is 9.50. The summed E-state index contributed by atoms with van der Waals surface area (Å²) in [4.78, 5) is 0. The molecule has 3 aromatic carbocycles. The van der Waals surface area contributed by atoms with Gasteiger partial charge in [0.25, 0.3) is 0 Å². The number of benzene rings is 3. The maximum Gasteiger partial charge on any atom is 0.129 e. The lowest BCUT2D eigenvalue weighted by molar-refractivity contribution is 0.309. The number of hydrogen-bond acceptors (Lipinski definition) is 0. The van der Waals surface area contributed by atoms with E-state index in [0.717, 1.165) is 56.1 Å². The van der Waals surface area contributed by atoms with Gasteiger partial charge in [-0.2, -0.15) is 0 Å². The van der Waals surface area contributed by atoms with E-state index in [4.69, 9.17) is 0 Å². The first kappa shape index (κ1) is 26.3. The summed E-state index contributed by atoms with van der Waals surface area (Å²) in [7, 11) is 0. The Labute approximate surface area is 216 Å². The number of rotatable bonds is 10. The van der Waals surface area contributed by atoms with Crippen molar-refractivity contribution in [2.24, 2.45) is 5.92 Å². The number of hydrogen-bond donors (Lipinski definition) is 0. The van der Waals surface area contributed by atoms with Gasteiger partial charge in [0.05, 0.1) is 0 Å². The highest BCUT2D eigenvalue weighted by Gasteiger charge is 2.24. The van der Waals surface area contributed by atoms with Crippen molar-refractivity contribution < 1.29 is 8.78 Å². The first-order valence-corrected chi connectivity index (χ1v) is 13.7. The predicted octanol–water partition coefficient (Wildman–Crippen LogP) is 9.73. The summed E-state index contributed by atoms with van der Waals surface area (Å²) in [5.74, 6) is 0.276. The van der Waals surface area contributed by atoms with Crippen molar-refractivity contribution in [1.82, 2.24) is 0 Å². The summed E-state index contributed by atoms with van der Waals surface area (Å²) >= 11 is 0. The molecule has 1 saturated carbocycles. The van der Waals surface area contributed by atoms with Gasteiger partial charge < -0.3 is 0 Å². The van der Waals surface area contributed by atoms with Gasteiger partial charge in [-0.05, 0) is 117 Å². The standard InChI is InChI=1S/C34H40F2/c1-3-4-6-9-26-12-14-27(15-13-26)16-17-28-18-20-30(21-19-28)31-23-33(35)32(34(36)24-31)22-25(2)29-10-7-5-8-11-29/h3-5,7-8,10-15,23-25,28,30H,6,9,16-22H2,1-2H3/b4-3+/t25-,28?,30?/m0/s1. The summed E-state index contributed by atoms with van der Waals surface area (Å²) in [6.45, 7) is 4.10. The molecule has 0 unspecified atom stereocenters. The van der Waals surface area contributed by atoms with E-state index in [9.17, 15) is 8.78 Å². The average Bonchev–Trinajstić information content (AvgIpc) is 2.91. The van der Waals surface area contributed by atoms with E-state index < -0.39 is 0 Å². The van der Waals surface area contributed by atoms with Gasteiger partial charge >= 0.3 is 0 Å². The molecule has 190 valence electrons. The molecule has 3 aromatic rings. The molecule has 0 amide bonds. The van der Waals surface area contributed by atoms with E-state index in [0.29, 0.717) is 12.3 Å². The van der Waals surface area contributed by atoms with E-state index in [1.165, 1.54) is 17.5 Å². The second-order valence-electron chi connectivity index (χ2n) is 10.7. The Balaban J connectivity index is 1.27. The molecule has 0 radical (unpaired) electrons. The van der Waals surface area contributed by atoms with Crippen LogP contribution in [-0.4, -0.2) is 0 Å². The molecule has 0 aromatic heterocycles. The van der Waals surface area contributed by atoms with Crippen LogP contribution in [0.5, 0.6) is 0 Å². The first-order valence-electron chi connectivity index (χ1n) is 13.7. The molecule has 0 bridgehead atoms. The minimum atomic E-state index is -0.385. The topological polar surface area (TPSA) is 0 Å². The van der Waals surface area contributed by atoms with Crippen LogP contribution in [0.4, 0.5) is 8.78 Å². The summed E-state index contributed by atoms with van der Waals surface area (Å²) in [5, 5.41) is 0. The van der Waals surface area contributed by atoms with Crippen LogP contribution in [0.1, 0.15) is 92.0 Å². The maximum atomic E-state index is 15.0. The van der Waals surface area contributed by atoms with Gasteiger partial charge in [-0.15, -0.1) is 0 Å². The minimum absolute atomic E-state index is 0.0749. The summed E-state index contributed by atoms with van der Waals surface area (Å²) in [6, 6.07) is 22.3. The van der Waals surface area contributed by atoms with E-state index in [1.807, 2.05) is 37.3 Å². The van der Waals surface area contributed by atoms with Gasteiger partial charge in [0.1, 0.15) is 11.6 Å². The zero-order chi connectivity index (χ0) is 25.3. The Hall–Kier alpha value is -2.74. The quantitative estimate of drug-likeness (QED) is 0.250. The number of allylic oxidation sites excluding steroid dienone is 2. The lowest BCUT2D eigenvalue weighted by Gasteiger charge is -2.29. The van der Waals surface area contributed by atoms with E-state index in [-0.39, 0.29) is 29.0 Å². The first-order chi connectivity index (χ1) is 17.5. The van der Waals surface area contributed by atoms with Crippen LogP contribution in [0, 0.1) is 17.6 Å². The summed E-state index contributed by atoms with van der Waals surface area (Å²) < 4.78 is 30.0. The Morgan fingerprint density at radius 1 is 0.833 bits per heavy atom. The Bertz CT molecular complexity index is 1080. The fourth-order valence-corrected chi connectivity index (χ4v) is 5.70. The molecular formula is C34H40F2. The van der Waals surface area contributed by atoms with Crippen molar-refractivity contribution in [3.63, 3.8) is 0 Å². The van der Waals surface area contributed by atoms with Crippen LogP contribution in [0.25, 0.3) is 0 Å². The van der Waals surface area contributed by atoms with Gasteiger partial charge in [-0.3, -0.25) is 0 Å². The SMILES string of the molecule is C/C=C/CCc1ccc(CCC2CCC(c3cc(F)c(C[C@H](C)c4ccccc4)c(F)c3)CC2)cc1. The van der Waals surface area contributed by atoms with Crippen LogP contribution < -0.4 is 0 Å². The molecule has 0 N–H and O–H groups in total. The lowest BCUT2D eigenvalue weighted by Crippen LogP contribution is -2.15. The van der Waals surface area contributed by atoms with Crippen molar-refractivity contribution in [3.8, 4) is 0 Å². The predicted molar refractivity (Wildman–Crippen MR) is 148 cm³/mol. The smallest absolute Gasteiger partial charge is 0.129 e. The fourth-order valence-electron chi connectivity index (χ4n) is 5.70. The fraction of sp³-hybridized carbons (Fsp3) is 0.412. The molecule has 0 saturated heterocycles. The number of aryl methyl sites for hydroxylation is 2. The van der Waals surface area contributed by atoms with Crippen LogP contribution in [0.3, 0.4) is 0 Å². The molecule has 0 aliphatic heterocycles. The van der Waals surface area contributed by atoms with Gasteiger partial charge in [0.15, 0.2) is 0 Å². The third-order valence-corrected chi connectivity index (χ3v) is 8.06. The molecule has 1 fully saturated rings. The van der Waals surface area contributed by atoms with Crippen LogP contribution >= 0.6 is 0 Å². The lowest BCUT2D eigenvalue weighted by atomic mass is 9.76. The zero-order valence-corrected chi connectivity index (χ0v) is 21.9. The van der Waals surface area contributed by atoms with Crippen molar-refractivity contribution in [1.29, 1.82) is 0 Å². The molecule has 0 heterocycles. The monoisotopic (exact) mass is 486 g/mol. The highest BCUT2D eigenvalue weighted by molar-refractivity contribution is 5.31. The molecule has 1 atom stereocenters. The summed E-state index contributed by atoms with van der Waals surface area (Å²) in [5.41, 5.74) is 4.98. The van der Waals surface area contributed by atoms with Crippen molar-refractivity contribution in [2.45, 2.75) is 83.5 Å². The molecule has 0 nitrogen and oxygen atoms in total. The summed E-state index contributed by atoms with van der Waals surface area (Å²) in [6.07, 6.45) is 13.5. The van der Waals surface area contributed by atoms with Crippen LogP contribution in [0.2, 0.25) is 0 Å². The molecule has 0 spiro atoms. The van der Waals surface area contributed by atoms with Crippen molar-refractivity contribution in [2.75, 3.05) is 0 Å². The maximum absolute atomic E-state index is 15.0. The molecule has 2 heteroatoms. The van der Waals surface area contributed by atoms with Gasteiger partial charge in [0, 0.05) is 5.56 Å². The third kappa shape index (κ3) is 7.15. The largest absolute Gasteiger partial charge is 0.207 e. The van der Waals surface area contributed by atoms with Crippen molar-refractivity contribution in [3.05, 3.63) is 118 Å². The second-order valence-corrected chi connectivity index (χ2v) is 10.7. The highest BCUT2D eigenvalue weighted by atomic mass is 19.1.